The number of non-ortho nitro benzene ring substituents is 2. The van der Waals surface area contributed by atoms with Crippen LogP contribution in [-0.2, 0) is 0 Å². The molecule has 0 saturated heterocycles. The van der Waals surface area contributed by atoms with Crippen LogP contribution in [-0.4, -0.2) is 55.9 Å². The number of carbonyl (C=O) groups is 5. The lowest BCUT2D eigenvalue weighted by molar-refractivity contribution is -0.385. The van der Waals surface area contributed by atoms with E-state index >= 15 is 0 Å². The van der Waals surface area contributed by atoms with Crippen molar-refractivity contribution in [3.63, 3.8) is 0 Å². The SMILES string of the molecule is O=C(CN(C(=O)c1ccc([N+](=O)[O-])cc1)N1C(=O)c2ccccc2C1=O)c1ccc(OC(=O)c2ccc([N+](=O)[O-])cc2)cc1. The number of nitrogens with zero attached hydrogens (tertiary/aromatic N) is 4. The average Bonchev–Trinajstić information content (AvgIpc) is 3.28. The van der Waals surface area contributed by atoms with Crippen molar-refractivity contribution in [3.05, 3.63) is 145 Å². The van der Waals surface area contributed by atoms with Gasteiger partial charge in [0.2, 0.25) is 0 Å². The molecular formula is C30H18N4O10. The molecule has 0 aromatic heterocycles. The average molecular weight is 594 g/mol. The number of ether oxygens (including phenoxy) is 1. The lowest BCUT2D eigenvalue weighted by Gasteiger charge is -2.29. The minimum absolute atomic E-state index is 0.0330. The Bertz CT molecular complexity index is 1820. The zero-order chi connectivity index (χ0) is 31.5. The van der Waals surface area contributed by atoms with Crippen LogP contribution >= 0.6 is 0 Å². The largest absolute Gasteiger partial charge is 0.423 e. The highest BCUT2D eigenvalue weighted by Crippen LogP contribution is 2.26. The number of nitro groups is 2. The van der Waals surface area contributed by atoms with Gasteiger partial charge in [0, 0.05) is 35.4 Å². The summed E-state index contributed by atoms with van der Waals surface area (Å²) in [7, 11) is 0. The van der Waals surface area contributed by atoms with Crippen molar-refractivity contribution in [1.29, 1.82) is 0 Å². The van der Waals surface area contributed by atoms with E-state index < -0.39 is 45.9 Å². The summed E-state index contributed by atoms with van der Waals surface area (Å²) in [6.45, 7) is -0.761. The van der Waals surface area contributed by atoms with Crippen molar-refractivity contribution < 1.29 is 38.6 Å². The third kappa shape index (κ3) is 5.62. The number of nitro benzene ring substituents is 2. The fraction of sp³-hybridized carbons (Fsp3) is 0.0333. The molecule has 4 aromatic carbocycles. The van der Waals surface area contributed by atoms with Gasteiger partial charge in [0.15, 0.2) is 5.78 Å². The van der Waals surface area contributed by atoms with Crippen LogP contribution in [0, 0.1) is 20.2 Å². The molecule has 14 heteroatoms. The molecule has 0 aliphatic carbocycles. The predicted molar refractivity (Wildman–Crippen MR) is 150 cm³/mol. The lowest BCUT2D eigenvalue weighted by atomic mass is 10.1. The molecule has 1 aliphatic rings. The number of Topliss-reactive ketones (excluding diaryl/α,β-unsaturated/α-hetero) is 1. The molecular weight excluding hydrogens is 576 g/mol. The van der Waals surface area contributed by atoms with Gasteiger partial charge in [-0.15, -0.1) is 0 Å². The van der Waals surface area contributed by atoms with Crippen molar-refractivity contribution in [2.75, 3.05) is 6.54 Å². The van der Waals surface area contributed by atoms with Gasteiger partial charge in [-0.2, -0.15) is 5.01 Å². The monoisotopic (exact) mass is 594 g/mol. The van der Waals surface area contributed by atoms with E-state index in [0.717, 1.165) is 36.4 Å². The molecule has 0 unspecified atom stereocenters. The van der Waals surface area contributed by atoms with Crippen LogP contribution in [0.4, 0.5) is 11.4 Å². The van der Waals surface area contributed by atoms with Crippen LogP contribution in [0.3, 0.4) is 0 Å². The minimum atomic E-state index is -0.934. The Morgan fingerprint density at radius 2 is 1.11 bits per heavy atom. The third-order valence-electron chi connectivity index (χ3n) is 6.57. The number of esters is 1. The summed E-state index contributed by atoms with van der Waals surface area (Å²) in [6.07, 6.45) is 0. The number of amides is 3. The van der Waals surface area contributed by atoms with Gasteiger partial charge in [-0.1, -0.05) is 12.1 Å². The van der Waals surface area contributed by atoms with E-state index in [4.69, 9.17) is 4.74 Å². The molecule has 218 valence electrons. The van der Waals surface area contributed by atoms with Gasteiger partial charge in [-0.3, -0.25) is 39.4 Å². The quantitative estimate of drug-likeness (QED) is 0.0676. The molecule has 0 radical (unpaired) electrons. The number of hydrazine groups is 1. The van der Waals surface area contributed by atoms with Gasteiger partial charge in [0.1, 0.15) is 12.3 Å². The molecule has 3 amide bonds. The van der Waals surface area contributed by atoms with E-state index in [1.807, 2.05) is 0 Å². The van der Waals surface area contributed by atoms with Gasteiger partial charge in [-0.25, -0.2) is 9.80 Å². The van der Waals surface area contributed by atoms with Crippen LogP contribution in [0.25, 0.3) is 0 Å². The van der Waals surface area contributed by atoms with E-state index in [9.17, 15) is 44.2 Å². The van der Waals surface area contributed by atoms with Gasteiger partial charge in [-0.05, 0) is 60.7 Å². The minimum Gasteiger partial charge on any atom is -0.423 e. The summed E-state index contributed by atoms with van der Waals surface area (Å²) >= 11 is 0. The molecule has 14 nitrogen and oxygen atoms in total. The Morgan fingerprint density at radius 3 is 1.59 bits per heavy atom. The fourth-order valence-electron chi connectivity index (χ4n) is 4.33. The smallest absolute Gasteiger partial charge is 0.343 e. The molecule has 0 bridgehead atoms. The van der Waals surface area contributed by atoms with E-state index in [0.29, 0.717) is 10.0 Å². The van der Waals surface area contributed by atoms with E-state index in [1.165, 1.54) is 60.7 Å². The first-order valence-electron chi connectivity index (χ1n) is 12.7. The Hall–Kier alpha value is -6.57. The van der Waals surface area contributed by atoms with Crippen molar-refractivity contribution in [1.82, 2.24) is 10.0 Å². The normalized spacial score (nSPS) is 12.0. The second-order valence-corrected chi connectivity index (χ2v) is 9.28. The van der Waals surface area contributed by atoms with E-state index in [-0.39, 0.29) is 44.9 Å². The summed E-state index contributed by atoms with van der Waals surface area (Å²) in [5.74, 6) is -4.04. The second kappa shape index (κ2) is 11.7. The molecule has 0 saturated carbocycles. The molecule has 1 heterocycles. The van der Waals surface area contributed by atoms with Gasteiger partial charge in [0.05, 0.1) is 26.5 Å². The first kappa shape index (κ1) is 28.9. The first-order valence-corrected chi connectivity index (χ1v) is 12.7. The Morgan fingerprint density at radius 1 is 0.659 bits per heavy atom. The molecule has 0 fully saturated rings. The molecule has 5 rings (SSSR count). The van der Waals surface area contributed by atoms with E-state index in [2.05, 4.69) is 0 Å². The van der Waals surface area contributed by atoms with Crippen LogP contribution < -0.4 is 4.74 Å². The number of carbonyl (C=O) groups excluding carboxylic acids is 5. The highest BCUT2D eigenvalue weighted by atomic mass is 16.6. The van der Waals surface area contributed by atoms with Crippen LogP contribution in [0.5, 0.6) is 5.75 Å². The maximum atomic E-state index is 13.6. The maximum Gasteiger partial charge on any atom is 0.343 e. The van der Waals surface area contributed by atoms with Crippen molar-refractivity contribution in [3.8, 4) is 5.75 Å². The molecule has 1 aliphatic heterocycles. The lowest BCUT2D eigenvalue weighted by Crippen LogP contribution is -2.51. The van der Waals surface area contributed by atoms with Crippen LogP contribution in [0.2, 0.25) is 0 Å². The highest BCUT2D eigenvalue weighted by molar-refractivity contribution is 6.22. The molecule has 0 N–H and O–H groups in total. The van der Waals surface area contributed by atoms with Gasteiger partial charge in [0.25, 0.3) is 29.1 Å². The summed E-state index contributed by atoms with van der Waals surface area (Å²) in [4.78, 5) is 86.3. The second-order valence-electron chi connectivity index (χ2n) is 9.28. The Balaban J connectivity index is 1.37. The molecule has 0 spiro atoms. The summed E-state index contributed by atoms with van der Waals surface area (Å²) in [5.41, 5.74) is -0.453. The third-order valence-corrected chi connectivity index (χ3v) is 6.57. The molecule has 4 aromatic rings. The molecule has 44 heavy (non-hydrogen) atoms. The number of rotatable bonds is 9. The van der Waals surface area contributed by atoms with Gasteiger partial charge >= 0.3 is 5.97 Å². The topological polar surface area (TPSA) is 187 Å². The summed E-state index contributed by atoms with van der Waals surface area (Å²) in [5, 5.41) is 23.1. The number of hydrogen-bond acceptors (Lipinski definition) is 10. The van der Waals surface area contributed by atoms with Crippen LogP contribution in [0.1, 0.15) is 51.8 Å². The standard InChI is InChI=1S/C30H18N4O10/c35-26(18-9-15-23(16-10-18)44-30(39)20-7-13-22(14-8-20)34(42)43)17-31(27(36)19-5-11-21(12-6-19)33(40)41)32-28(37)24-3-1-2-4-25(24)29(32)38/h1-16H,17H2. The Kier molecular flexibility index (Phi) is 7.72. The summed E-state index contributed by atoms with van der Waals surface area (Å²) < 4.78 is 5.25. The summed E-state index contributed by atoms with van der Waals surface area (Å²) in [6, 6.07) is 20.3. The van der Waals surface area contributed by atoms with Crippen molar-refractivity contribution >= 4 is 40.8 Å². The zero-order valence-electron chi connectivity index (χ0n) is 22.3. The molecule has 0 atom stereocenters. The Labute approximate surface area is 247 Å². The number of fused-ring (bicyclic) bond motifs is 1. The number of benzene rings is 4. The predicted octanol–water partition coefficient (Wildman–Crippen LogP) is 4.26. The van der Waals surface area contributed by atoms with E-state index in [1.54, 1.807) is 0 Å². The maximum absolute atomic E-state index is 13.6. The zero-order valence-corrected chi connectivity index (χ0v) is 22.3. The highest BCUT2D eigenvalue weighted by Gasteiger charge is 2.42. The number of imide groups is 1. The number of ketones is 1. The van der Waals surface area contributed by atoms with Crippen molar-refractivity contribution in [2.24, 2.45) is 0 Å². The first-order chi connectivity index (χ1) is 21.0. The number of hydrogen-bond donors (Lipinski definition) is 0. The van der Waals surface area contributed by atoms with Crippen LogP contribution in [0.15, 0.2) is 97.1 Å². The van der Waals surface area contributed by atoms with Crippen molar-refractivity contribution in [2.45, 2.75) is 0 Å². The van der Waals surface area contributed by atoms with Gasteiger partial charge < -0.3 is 4.74 Å². The fourth-order valence-corrected chi connectivity index (χ4v) is 4.33.